The number of benzene rings is 2. The molecule has 0 bridgehead atoms. The Hall–Kier alpha value is -2.47. The highest BCUT2D eigenvalue weighted by Crippen LogP contribution is 2.48. The first-order valence-electron chi connectivity index (χ1n) is 8.20. The van der Waals surface area contributed by atoms with Gasteiger partial charge in [0.1, 0.15) is 11.6 Å². The molecule has 2 aromatic rings. The van der Waals surface area contributed by atoms with Crippen LogP contribution in [0.2, 0.25) is 0 Å². The zero-order valence-corrected chi connectivity index (χ0v) is 13.6. The Morgan fingerprint density at radius 2 is 1.88 bits per heavy atom. The van der Waals surface area contributed by atoms with E-state index in [-0.39, 0.29) is 13.2 Å². The van der Waals surface area contributed by atoms with Gasteiger partial charge in [-0.05, 0) is 30.0 Å². The molecule has 0 saturated heterocycles. The van der Waals surface area contributed by atoms with Crippen molar-refractivity contribution in [2.24, 2.45) is 0 Å². The average molecular weight is 346 g/mol. The van der Waals surface area contributed by atoms with Crippen LogP contribution in [0.1, 0.15) is 30.0 Å². The van der Waals surface area contributed by atoms with Crippen molar-refractivity contribution in [3.63, 3.8) is 0 Å². The van der Waals surface area contributed by atoms with Gasteiger partial charge in [0.25, 0.3) is 0 Å². The van der Waals surface area contributed by atoms with Crippen LogP contribution < -0.4 is 10.6 Å². The van der Waals surface area contributed by atoms with Crippen LogP contribution >= 0.6 is 0 Å². The van der Waals surface area contributed by atoms with Gasteiger partial charge in [-0.15, -0.1) is 0 Å². The van der Waals surface area contributed by atoms with Gasteiger partial charge in [0.05, 0.1) is 12.6 Å². The molecule has 1 atom stereocenters. The first kappa shape index (κ1) is 17.4. The predicted octanol–water partition coefficient (Wildman–Crippen LogP) is 3.03. The van der Waals surface area contributed by atoms with Crippen LogP contribution in [-0.2, 0) is 5.41 Å². The van der Waals surface area contributed by atoms with E-state index in [2.05, 4.69) is 10.6 Å². The molecule has 2 aromatic carbocycles. The first-order valence-corrected chi connectivity index (χ1v) is 8.20. The second-order valence-electron chi connectivity index (χ2n) is 6.38. The maximum absolute atomic E-state index is 14.0. The number of aliphatic hydroxyl groups excluding tert-OH is 1. The van der Waals surface area contributed by atoms with Crippen LogP contribution in [0.15, 0.2) is 48.5 Å². The number of urea groups is 1. The topological polar surface area (TPSA) is 61.4 Å². The minimum Gasteiger partial charge on any atom is -0.394 e. The Morgan fingerprint density at radius 3 is 2.48 bits per heavy atom. The molecule has 3 N–H and O–H groups in total. The van der Waals surface area contributed by atoms with Gasteiger partial charge in [-0.25, -0.2) is 13.6 Å². The Balaban J connectivity index is 1.60. The van der Waals surface area contributed by atoms with Gasteiger partial charge < -0.3 is 15.7 Å². The number of nitrogens with one attached hydrogen (secondary N) is 2. The summed E-state index contributed by atoms with van der Waals surface area (Å²) < 4.78 is 27.1. The quantitative estimate of drug-likeness (QED) is 0.753. The zero-order chi connectivity index (χ0) is 17.9. The van der Waals surface area contributed by atoms with E-state index < -0.39 is 29.1 Å². The Kier molecular flexibility index (Phi) is 4.99. The molecule has 1 fully saturated rings. The summed E-state index contributed by atoms with van der Waals surface area (Å²) in [5.41, 5.74) is 0.748. The van der Waals surface area contributed by atoms with Crippen molar-refractivity contribution in [2.75, 3.05) is 13.2 Å². The molecule has 6 heteroatoms. The zero-order valence-electron chi connectivity index (χ0n) is 13.6. The molecule has 0 aromatic heterocycles. The van der Waals surface area contributed by atoms with E-state index in [0.29, 0.717) is 5.56 Å². The van der Waals surface area contributed by atoms with Gasteiger partial charge in [0.2, 0.25) is 0 Å². The molecule has 3 rings (SSSR count). The summed E-state index contributed by atoms with van der Waals surface area (Å²) >= 11 is 0. The van der Waals surface area contributed by atoms with E-state index >= 15 is 0 Å². The monoisotopic (exact) mass is 346 g/mol. The minimum atomic E-state index is -0.614. The lowest BCUT2D eigenvalue weighted by Crippen LogP contribution is -2.42. The Labute approximate surface area is 144 Å². The highest BCUT2D eigenvalue weighted by Gasteiger charge is 2.46. The summed E-state index contributed by atoms with van der Waals surface area (Å²) in [6.07, 6.45) is 1.47. The van der Waals surface area contributed by atoms with Crippen LogP contribution in [0.25, 0.3) is 0 Å². The van der Waals surface area contributed by atoms with E-state index in [1.807, 2.05) is 30.3 Å². The van der Waals surface area contributed by atoms with Gasteiger partial charge in [0, 0.05) is 18.0 Å². The van der Waals surface area contributed by atoms with Crippen LogP contribution in [-0.4, -0.2) is 24.3 Å². The molecule has 0 radical (unpaired) electrons. The lowest BCUT2D eigenvalue weighted by Gasteiger charge is -2.20. The molecule has 0 unspecified atom stereocenters. The third-order valence-electron chi connectivity index (χ3n) is 4.63. The molecule has 132 valence electrons. The first-order chi connectivity index (χ1) is 12.0. The Bertz CT molecular complexity index is 748. The normalized spacial score (nSPS) is 16.1. The number of carbonyl (C=O) groups is 1. The molecular weight excluding hydrogens is 326 g/mol. The smallest absolute Gasteiger partial charge is 0.315 e. The number of hydrogen-bond acceptors (Lipinski definition) is 2. The number of halogens is 2. The third kappa shape index (κ3) is 3.96. The molecule has 0 spiro atoms. The summed E-state index contributed by atoms with van der Waals surface area (Å²) in [5.74, 6) is -1.20. The maximum Gasteiger partial charge on any atom is 0.315 e. The van der Waals surface area contributed by atoms with E-state index in [0.717, 1.165) is 24.5 Å². The highest BCUT2D eigenvalue weighted by molar-refractivity contribution is 5.74. The van der Waals surface area contributed by atoms with Crippen LogP contribution in [0, 0.1) is 11.6 Å². The number of hydrogen-bond donors (Lipinski definition) is 3. The fraction of sp³-hybridized carbons (Fsp3) is 0.316. The number of carbonyl (C=O) groups excluding carboxylic acids is 1. The summed E-state index contributed by atoms with van der Waals surface area (Å²) in [7, 11) is 0. The van der Waals surface area contributed by atoms with Gasteiger partial charge in [-0.1, -0.05) is 36.4 Å². The van der Waals surface area contributed by atoms with Crippen LogP contribution in [0.3, 0.4) is 0 Å². The molecule has 25 heavy (non-hydrogen) atoms. The highest BCUT2D eigenvalue weighted by atomic mass is 19.1. The number of amides is 2. The molecule has 0 heterocycles. The van der Waals surface area contributed by atoms with Crippen LogP contribution in [0.4, 0.5) is 13.6 Å². The lowest BCUT2D eigenvalue weighted by atomic mass is 9.95. The molecular formula is C19H20F2N2O2. The van der Waals surface area contributed by atoms with Crippen molar-refractivity contribution in [3.8, 4) is 0 Å². The largest absolute Gasteiger partial charge is 0.394 e. The molecule has 1 saturated carbocycles. The molecule has 2 amide bonds. The SMILES string of the molecule is O=C(NCC1(c2ccc(F)cc2F)CC1)N[C@H](CO)c1ccccc1. The van der Waals surface area contributed by atoms with Crippen molar-refractivity contribution in [1.29, 1.82) is 0 Å². The second-order valence-corrected chi connectivity index (χ2v) is 6.38. The standard InChI is InChI=1S/C19H20F2N2O2/c20-14-6-7-15(16(21)10-14)19(8-9-19)12-22-18(25)23-17(11-24)13-4-2-1-3-5-13/h1-7,10,17,24H,8-9,11-12H2,(H2,22,23,25)/t17-/m1/s1. The summed E-state index contributed by atoms with van der Waals surface area (Å²) in [6.45, 7) is 0.0312. The fourth-order valence-corrected chi connectivity index (χ4v) is 2.99. The van der Waals surface area contributed by atoms with Crippen LogP contribution in [0.5, 0.6) is 0 Å². The van der Waals surface area contributed by atoms with Crippen molar-refractivity contribution >= 4 is 6.03 Å². The average Bonchev–Trinajstić information content (AvgIpc) is 3.39. The summed E-state index contributed by atoms with van der Waals surface area (Å²) in [6, 6.07) is 11.7. The van der Waals surface area contributed by atoms with Gasteiger partial charge in [-0.2, -0.15) is 0 Å². The van der Waals surface area contributed by atoms with Crippen molar-refractivity contribution in [1.82, 2.24) is 10.6 Å². The fourth-order valence-electron chi connectivity index (χ4n) is 2.99. The summed E-state index contributed by atoms with van der Waals surface area (Å²) in [5, 5.41) is 14.9. The van der Waals surface area contributed by atoms with Gasteiger partial charge in [-0.3, -0.25) is 0 Å². The van der Waals surface area contributed by atoms with E-state index in [4.69, 9.17) is 0 Å². The van der Waals surface area contributed by atoms with E-state index in [1.54, 1.807) is 0 Å². The minimum absolute atomic E-state index is 0.227. The summed E-state index contributed by atoms with van der Waals surface area (Å²) in [4.78, 5) is 12.1. The van der Waals surface area contributed by atoms with E-state index in [9.17, 15) is 18.7 Å². The van der Waals surface area contributed by atoms with Crippen molar-refractivity contribution in [3.05, 3.63) is 71.3 Å². The molecule has 4 nitrogen and oxygen atoms in total. The van der Waals surface area contributed by atoms with Gasteiger partial charge >= 0.3 is 6.03 Å². The maximum atomic E-state index is 14.0. The number of rotatable bonds is 6. The second kappa shape index (κ2) is 7.19. The molecule has 1 aliphatic rings. The van der Waals surface area contributed by atoms with Gasteiger partial charge in [0.15, 0.2) is 0 Å². The van der Waals surface area contributed by atoms with Crippen molar-refractivity contribution in [2.45, 2.75) is 24.3 Å². The predicted molar refractivity (Wildman–Crippen MR) is 90.1 cm³/mol. The Morgan fingerprint density at radius 1 is 1.16 bits per heavy atom. The molecule has 0 aliphatic heterocycles. The lowest BCUT2D eigenvalue weighted by molar-refractivity contribution is 0.216. The number of aliphatic hydroxyl groups is 1. The van der Waals surface area contributed by atoms with E-state index in [1.165, 1.54) is 12.1 Å². The molecule has 1 aliphatic carbocycles. The third-order valence-corrected chi connectivity index (χ3v) is 4.63. The van der Waals surface area contributed by atoms with Crippen molar-refractivity contribution < 1.29 is 18.7 Å².